The van der Waals surface area contributed by atoms with Gasteiger partial charge in [-0.2, -0.15) is 17.4 Å². The maximum atomic E-state index is 12.6. The standard InChI is InChI=1S/C18H21N3O3S/c22-18(17-10-4-5-11-19-17)16-9-6-12-21(14-16)25(23,24)20-13-15-7-2-1-3-8-15/h1-5,7-8,10-11,16,20H,6,9,12-14H2. The first-order valence-corrected chi connectivity index (χ1v) is 9.74. The number of ketones is 1. The molecule has 0 bridgehead atoms. The molecule has 132 valence electrons. The molecule has 1 aromatic carbocycles. The number of aromatic nitrogens is 1. The van der Waals surface area contributed by atoms with E-state index in [1.54, 1.807) is 24.4 Å². The molecule has 25 heavy (non-hydrogen) atoms. The average molecular weight is 359 g/mol. The van der Waals surface area contributed by atoms with Crippen molar-refractivity contribution in [2.24, 2.45) is 5.92 Å². The summed E-state index contributed by atoms with van der Waals surface area (Å²) in [6.07, 6.45) is 2.92. The van der Waals surface area contributed by atoms with Crippen LogP contribution in [-0.2, 0) is 16.8 Å². The van der Waals surface area contributed by atoms with E-state index in [0.29, 0.717) is 25.1 Å². The zero-order chi connectivity index (χ0) is 17.7. The van der Waals surface area contributed by atoms with Crippen molar-refractivity contribution >= 4 is 16.0 Å². The molecule has 1 aliphatic heterocycles. The van der Waals surface area contributed by atoms with Gasteiger partial charge in [-0.1, -0.05) is 36.4 Å². The van der Waals surface area contributed by atoms with Crippen LogP contribution >= 0.6 is 0 Å². The summed E-state index contributed by atoms with van der Waals surface area (Å²) in [5, 5.41) is 0. The number of Topliss-reactive ketones (excluding diaryl/α,β-unsaturated/α-hetero) is 1. The number of nitrogens with one attached hydrogen (secondary N) is 1. The van der Waals surface area contributed by atoms with Crippen molar-refractivity contribution < 1.29 is 13.2 Å². The predicted octanol–water partition coefficient (Wildman–Crippen LogP) is 2.01. The minimum Gasteiger partial charge on any atom is -0.292 e. The van der Waals surface area contributed by atoms with E-state index in [2.05, 4.69) is 9.71 Å². The Morgan fingerprint density at radius 1 is 1.16 bits per heavy atom. The molecule has 0 amide bonds. The zero-order valence-electron chi connectivity index (χ0n) is 13.8. The molecule has 1 aromatic heterocycles. The Morgan fingerprint density at radius 2 is 1.92 bits per heavy atom. The van der Waals surface area contributed by atoms with E-state index >= 15 is 0 Å². The van der Waals surface area contributed by atoms with Crippen molar-refractivity contribution in [3.05, 3.63) is 66.0 Å². The van der Waals surface area contributed by atoms with Crippen molar-refractivity contribution in [2.75, 3.05) is 13.1 Å². The third-order valence-corrected chi connectivity index (χ3v) is 5.83. The summed E-state index contributed by atoms with van der Waals surface area (Å²) in [4.78, 5) is 16.6. The molecule has 1 saturated heterocycles. The summed E-state index contributed by atoms with van der Waals surface area (Å²) >= 11 is 0. The highest BCUT2D eigenvalue weighted by molar-refractivity contribution is 7.87. The van der Waals surface area contributed by atoms with Gasteiger partial charge in [0.1, 0.15) is 5.69 Å². The second-order valence-electron chi connectivity index (χ2n) is 6.09. The second kappa shape index (κ2) is 7.86. The van der Waals surface area contributed by atoms with Crippen LogP contribution in [0.25, 0.3) is 0 Å². The van der Waals surface area contributed by atoms with Gasteiger partial charge < -0.3 is 0 Å². The lowest BCUT2D eigenvalue weighted by Gasteiger charge is -2.31. The summed E-state index contributed by atoms with van der Waals surface area (Å²) < 4.78 is 29.1. The van der Waals surface area contributed by atoms with Crippen LogP contribution < -0.4 is 4.72 Å². The van der Waals surface area contributed by atoms with Gasteiger partial charge in [0.15, 0.2) is 5.78 Å². The number of hydrogen-bond acceptors (Lipinski definition) is 4. The molecule has 2 heterocycles. The van der Waals surface area contributed by atoms with Crippen molar-refractivity contribution in [3.63, 3.8) is 0 Å². The molecule has 6 nitrogen and oxygen atoms in total. The van der Waals surface area contributed by atoms with E-state index < -0.39 is 10.2 Å². The van der Waals surface area contributed by atoms with Crippen LogP contribution in [0.4, 0.5) is 0 Å². The van der Waals surface area contributed by atoms with E-state index in [-0.39, 0.29) is 24.8 Å². The topological polar surface area (TPSA) is 79.4 Å². The van der Waals surface area contributed by atoms with Crippen molar-refractivity contribution in [1.29, 1.82) is 0 Å². The number of benzene rings is 1. The van der Waals surface area contributed by atoms with E-state index in [4.69, 9.17) is 0 Å². The molecular formula is C18H21N3O3S. The predicted molar refractivity (Wildman–Crippen MR) is 95.1 cm³/mol. The molecule has 7 heteroatoms. The normalized spacial score (nSPS) is 18.8. The van der Waals surface area contributed by atoms with Gasteiger partial charge in [-0.15, -0.1) is 0 Å². The second-order valence-corrected chi connectivity index (χ2v) is 7.84. The van der Waals surface area contributed by atoms with E-state index in [9.17, 15) is 13.2 Å². The third kappa shape index (κ3) is 4.50. The van der Waals surface area contributed by atoms with Gasteiger partial charge in [-0.25, -0.2) is 0 Å². The van der Waals surface area contributed by atoms with Crippen LogP contribution in [0.5, 0.6) is 0 Å². The van der Waals surface area contributed by atoms with Gasteiger partial charge in [0, 0.05) is 31.7 Å². The SMILES string of the molecule is O=C(c1ccccn1)C1CCCN(S(=O)(=O)NCc2ccccc2)C1. The van der Waals surface area contributed by atoms with Crippen molar-refractivity contribution in [1.82, 2.24) is 14.0 Å². The average Bonchev–Trinajstić information content (AvgIpc) is 2.67. The minimum absolute atomic E-state index is 0.0939. The number of pyridine rings is 1. The number of piperidine rings is 1. The van der Waals surface area contributed by atoms with E-state index in [0.717, 1.165) is 5.56 Å². The summed E-state index contributed by atoms with van der Waals surface area (Å²) in [5.41, 5.74) is 1.29. The molecule has 1 unspecified atom stereocenters. The maximum Gasteiger partial charge on any atom is 0.279 e. The van der Waals surface area contributed by atoms with Crippen LogP contribution in [0.3, 0.4) is 0 Å². The lowest BCUT2D eigenvalue weighted by Crippen LogP contribution is -2.47. The third-order valence-electron chi connectivity index (χ3n) is 4.31. The lowest BCUT2D eigenvalue weighted by molar-refractivity contribution is 0.0866. The summed E-state index contributed by atoms with van der Waals surface area (Å²) in [5.74, 6) is -0.444. The van der Waals surface area contributed by atoms with E-state index in [1.807, 2.05) is 30.3 Å². The Hall–Kier alpha value is -2.09. The molecule has 3 rings (SSSR count). The summed E-state index contributed by atoms with van der Waals surface area (Å²) in [6.45, 7) is 0.855. The van der Waals surface area contributed by atoms with Gasteiger partial charge >= 0.3 is 0 Å². The Labute approximate surface area is 148 Å². The van der Waals surface area contributed by atoms with Crippen LogP contribution in [0.1, 0.15) is 28.9 Å². The lowest BCUT2D eigenvalue weighted by atomic mass is 9.93. The van der Waals surface area contributed by atoms with Crippen molar-refractivity contribution in [3.8, 4) is 0 Å². The van der Waals surface area contributed by atoms with Gasteiger partial charge in [-0.3, -0.25) is 9.78 Å². The molecule has 1 atom stereocenters. The Morgan fingerprint density at radius 3 is 2.64 bits per heavy atom. The van der Waals surface area contributed by atoms with Crippen molar-refractivity contribution in [2.45, 2.75) is 19.4 Å². The van der Waals surface area contributed by atoms with Crippen LogP contribution in [0, 0.1) is 5.92 Å². The van der Waals surface area contributed by atoms with Gasteiger partial charge in [0.05, 0.1) is 0 Å². The van der Waals surface area contributed by atoms with Gasteiger partial charge in [0.25, 0.3) is 10.2 Å². The highest BCUT2D eigenvalue weighted by Gasteiger charge is 2.32. The quantitative estimate of drug-likeness (QED) is 0.800. The first-order chi connectivity index (χ1) is 12.1. The minimum atomic E-state index is -3.62. The number of hydrogen-bond donors (Lipinski definition) is 1. The zero-order valence-corrected chi connectivity index (χ0v) is 14.7. The number of rotatable bonds is 6. The summed E-state index contributed by atoms with van der Waals surface area (Å²) in [7, 11) is -3.62. The smallest absolute Gasteiger partial charge is 0.279 e. The fourth-order valence-electron chi connectivity index (χ4n) is 2.95. The maximum absolute atomic E-state index is 12.6. The molecule has 2 aromatic rings. The highest BCUT2D eigenvalue weighted by atomic mass is 32.2. The Bertz CT molecular complexity index is 810. The van der Waals surface area contributed by atoms with Crippen LogP contribution in [-0.4, -0.2) is 36.6 Å². The largest absolute Gasteiger partial charge is 0.292 e. The molecule has 0 spiro atoms. The Balaban J connectivity index is 1.65. The van der Waals surface area contributed by atoms with Crippen LogP contribution in [0.2, 0.25) is 0 Å². The fourth-order valence-corrected chi connectivity index (χ4v) is 4.23. The monoisotopic (exact) mass is 359 g/mol. The Kier molecular flexibility index (Phi) is 5.57. The number of nitrogens with zero attached hydrogens (tertiary/aromatic N) is 2. The molecule has 0 radical (unpaired) electrons. The molecule has 0 aliphatic carbocycles. The molecule has 0 saturated carbocycles. The molecule has 1 aliphatic rings. The number of carbonyl (C=O) groups excluding carboxylic acids is 1. The molecule has 1 fully saturated rings. The van der Waals surface area contributed by atoms with E-state index in [1.165, 1.54) is 4.31 Å². The number of carbonyl (C=O) groups is 1. The first kappa shape index (κ1) is 17.7. The fraction of sp³-hybridized carbons (Fsp3) is 0.333. The summed E-state index contributed by atoms with van der Waals surface area (Å²) in [6, 6.07) is 14.5. The molecule has 1 N–H and O–H groups in total. The molecular weight excluding hydrogens is 338 g/mol. The van der Waals surface area contributed by atoms with Gasteiger partial charge in [-0.05, 0) is 30.5 Å². The highest BCUT2D eigenvalue weighted by Crippen LogP contribution is 2.22. The first-order valence-electron chi connectivity index (χ1n) is 8.30. The van der Waals surface area contributed by atoms with Crippen LogP contribution in [0.15, 0.2) is 54.7 Å². The van der Waals surface area contributed by atoms with Gasteiger partial charge in [0.2, 0.25) is 0 Å².